The molecule has 3 aromatic rings. The summed E-state index contributed by atoms with van der Waals surface area (Å²) in [4.78, 5) is 30.4. The lowest BCUT2D eigenvalue weighted by atomic mass is 9.78. The number of hydrogen-bond donors (Lipinski definition) is 2. The molecule has 0 saturated heterocycles. The normalized spacial score (nSPS) is 18.9. The van der Waals surface area contributed by atoms with Crippen LogP contribution in [0.5, 0.6) is 5.75 Å². The maximum atomic E-state index is 15.1. The zero-order valence-electron chi connectivity index (χ0n) is 20.0. The molecule has 1 aromatic carbocycles. The lowest BCUT2D eigenvalue weighted by molar-refractivity contribution is -0.113. The molecule has 2 aliphatic rings. The molecular formula is C24H23F2N5O5S. The van der Waals surface area contributed by atoms with E-state index in [-0.39, 0.29) is 47.2 Å². The Balaban J connectivity index is 1.65. The monoisotopic (exact) mass is 531 g/mol. The van der Waals surface area contributed by atoms with E-state index in [1.165, 1.54) is 4.68 Å². The summed E-state index contributed by atoms with van der Waals surface area (Å²) in [6, 6.07) is 5.21. The second-order valence-corrected chi connectivity index (χ2v) is 11.5. The molecule has 10 nitrogen and oxygen atoms in total. The molecule has 2 N–H and O–H groups in total. The molecule has 0 radical (unpaired) electrons. The summed E-state index contributed by atoms with van der Waals surface area (Å²) in [5, 5.41) is 9.89. The second kappa shape index (κ2) is 8.91. The third-order valence-corrected chi connectivity index (χ3v) is 7.06. The zero-order chi connectivity index (χ0) is 26.5. The summed E-state index contributed by atoms with van der Waals surface area (Å²) in [7, 11) is -3.66. The summed E-state index contributed by atoms with van der Waals surface area (Å²) in [5.74, 6) is -3.77. The van der Waals surface area contributed by atoms with Crippen molar-refractivity contribution in [2.75, 3.05) is 23.9 Å². The first-order valence-corrected chi connectivity index (χ1v) is 13.5. The van der Waals surface area contributed by atoms with Crippen LogP contribution in [-0.2, 0) is 26.6 Å². The van der Waals surface area contributed by atoms with Crippen molar-refractivity contribution in [2.24, 2.45) is 0 Å². The van der Waals surface area contributed by atoms with Gasteiger partial charge in [0.1, 0.15) is 28.7 Å². The van der Waals surface area contributed by atoms with Crippen molar-refractivity contribution in [1.29, 1.82) is 0 Å². The number of amides is 2. The van der Waals surface area contributed by atoms with Gasteiger partial charge in [0.2, 0.25) is 5.91 Å². The Kier molecular flexibility index (Phi) is 5.97. The smallest absolute Gasteiger partial charge is 0.257 e. The van der Waals surface area contributed by atoms with Gasteiger partial charge in [-0.3, -0.25) is 9.59 Å². The number of aryl methyl sites for hydroxylation is 1. The summed E-state index contributed by atoms with van der Waals surface area (Å²) in [5.41, 5.74) is -0.156. The first-order chi connectivity index (χ1) is 17.5. The van der Waals surface area contributed by atoms with Gasteiger partial charge in [0.15, 0.2) is 21.5 Å². The minimum atomic E-state index is -3.66. The Bertz CT molecular complexity index is 1540. The van der Waals surface area contributed by atoms with Gasteiger partial charge < -0.3 is 15.4 Å². The molecule has 13 heteroatoms. The number of carbonyl (C=O) groups excluding carboxylic acids is 2. The van der Waals surface area contributed by atoms with Gasteiger partial charge in [-0.25, -0.2) is 22.2 Å². The first-order valence-electron chi connectivity index (χ1n) is 11.4. The van der Waals surface area contributed by atoms with E-state index in [1.54, 1.807) is 18.3 Å². The number of anilines is 1. The maximum absolute atomic E-state index is 15.1. The van der Waals surface area contributed by atoms with Crippen molar-refractivity contribution in [3.63, 3.8) is 0 Å². The average Bonchev–Trinajstić information content (AvgIpc) is 3.03. The molecule has 0 saturated carbocycles. The number of halogens is 2. The molecule has 2 aromatic heterocycles. The number of aromatic nitrogens is 3. The van der Waals surface area contributed by atoms with E-state index in [0.29, 0.717) is 12.8 Å². The van der Waals surface area contributed by atoms with E-state index < -0.39 is 44.6 Å². The number of benzene rings is 1. The van der Waals surface area contributed by atoms with E-state index in [4.69, 9.17) is 4.74 Å². The molecule has 1 spiro atoms. The minimum Gasteiger partial charge on any atom is -0.493 e. The fraction of sp³-hybridized carbons (Fsp3) is 0.333. The van der Waals surface area contributed by atoms with Crippen LogP contribution in [0.3, 0.4) is 0 Å². The van der Waals surface area contributed by atoms with Crippen molar-refractivity contribution in [3.8, 4) is 11.6 Å². The molecule has 4 heterocycles. The third-order valence-electron chi connectivity index (χ3n) is 6.27. The van der Waals surface area contributed by atoms with Gasteiger partial charge in [0, 0.05) is 31.0 Å². The van der Waals surface area contributed by atoms with Crippen LogP contribution in [0.15, 0.2) is 30.5 Å². The summed E-state index contributed by atoms with van der Waals surface area (Å²) < 4.78 is 59.3. The number of carbonyl (C=O) groups is 2. The standard InChI is InChI=1S/C24H23F2N5O5S/c1-13-4-5-18(27-11-13)31-22(28-19(32)12-37(2,34)35)20-16(30-31)10-24(29-23(20)33)6-3-7-36-17-9-14(25)8-15(26)21(17)24/h4-5,8-9,11H,3,6-7,10,12H2,1-2H3,(H,28,32)(H,29,33)/t24-/m0/s1. The van der Waals surface area contributed by atoms with Crippen LogP contribution in [0.4, 0.5) is 14.6 Å². The molecule has 2 aliphatic heterocycles. The van der Waals surface area contributed by atoms with E-state index >= 15 is 4.39 Å². The quantitative estimate of drug-likeness (QED) is 0.528. The molecule has 0 aliphatic carbocycles. The molecule has 0 bridgehead atoms. The molecule has 5 rings (SSSR count). The third kappa shape index (κ3) is 4.66. The van der Waals surface area contributed by atoms with E-state index in [0.717, 1.165) is 24.0 Å². The summed E-state index contributed by atoms with van der Waals surface area (Å²) in [6.07, 6.45) is 3.24. The largest absolute Gasteiger partial charge is 0.493 e. The zero-order valence-corrected chi connectivity index (χ0v) is 20.8. The topological polar surface area (TPSA) is 132 Å². The van der Waals surface area contributed by atoms with Crippen LogP contribution in [0.1, 0.15) is 40.0 Å². The van der Waals surface area contributed by atoms with Gasteiger partial charge in [-0.15, -0.1) is 0 Å². The SMILES string of the molecule is Cc1ccc(-n2nc3c(c2NC(=O)CS(C)(=O)=O)C(=O)N[C@@]2(CCCOc4cc(F)cc(F)c42)C3)nc1. The van der Waals surface area contributed by atoms with Gasteiger partial charge >= 0.3 is 0 Å². The number of hydrogen-bond acceptors (Lipinski definition) is 7. The lowest BCUT2D eigenvalue weighted by Crippen LogP contribution is -2.51. The van der Waals surface area contributed by atoms with Gasteiger partial charge in [0.25, 0.3) is 5.91 Å². The summed E-state index contributed by atoms with van der Waals surface area (Å²) >= 11 is 0. The highest BCUT2D eigenvalue weighted by Crippen LogP contribution is 2.44. The second-order valence-electron chi connectivity index (χ2n) is 9.32. The Labute approximate surface area is 211 Å². The van der Waals surface area contributed by atoms with Crippen LogP contribution < -0.4 is 15.4 Å². The van der Waals surface area contributed by atoms with Crippen molar-refractivity contribution < 1.29 is 31.5 Å². The number of fused-ring (bicyclic) bond motifs is 3. The van der Waals surface area contributed by atoms with Crippen LogP contribution >= 0.6 is 0 Å². The van der Waals surface area contributed by atoms with Crippen molar-refractivity contribution in [1.82, 2.24) is 20.1 Å². The maximum Gasteiger partial charge on any atom is 0.257 e. The Morgan fingerprint density at radius 1 is 1.30 bits per heavy atom. The first kappa shape index (κ1) is 24.8. The number of ether oxygens (including phenoxy) is 1. The van der Waals surface area contributed by atoms with Gasteiger partial charge in [-0.1, -0.05) is 6.07 Å². The lowest BCUT2D eigenvalue weighted by Gasteiger charge is -2.37. The van der Waals surface area contributed by atoms with Crippen LogP contribution in [0, 0.1) is 18.6 Å². The molecule has 194 valence electrons. The van der Waals surface area contributed by atoms with Crippen molar-refractivity contribution >= 4 is 27.5 Å². The molecule has 1 atom stereocenters. The molecule has 2 amide bonds. The number of rotatable bonds is 4. The highest BCUT2D eigenvalue weighted by atomic mass is 32.2. The predicted molar refractivity (Wildman–Crippen MR) is 128 cm³/mol. The van der Waals surface area contributed by atoms with E-state index in [9.17, 15) is 22.4 Å². The van der Waals surface area contributed by atoms with Crippen LogP contribution in [-0.4, -0.2) is 53.6 Å². The molecule has 37 heavy (non-hydrogen) atoms. The van der Waals surface area contributed by atoms with Crippen LogP contribution in [0.25, 0.3) is 5.82 Å². The minimum absolute atomic E-state index is 0.0000579. The Morgan fingerprint density at radius 3 is 2.78 bits per heavy atom. The number of sulfone groups is 1. The Hall–Kier alpha value is -3.87. The van der Waals surface area contributed by atoms with Crippen molar-refractivity contribution in [3.05, 3.63) is 64.5 Å². The van der Waals surface area contributed by atoms with Crippen molar-refractivity contribution in [2.45, 2.75) is 31.7 Å². The fourth-order valence-electron chi connectivity index (χ4n) is 4.82. The average molecular weight is 532 g/mol. The number of pyridine rings is 1. The predicted octanol–water partition coefficient (Wildman–Crippen LogP) is 2.19. The van der Waals surface area contributed by atoms with Gasteiger partial charge in [0.05, 0.1) is 23.4 Å². The molecular weight excluding hydrogens is 508 g/mol. The van der Waals surface area contributed by atoms with E-state index in [1.807, 2.05) is 6.92 Å². The fourth-order valence-corrected chi connectivity index (χ4v) is 5.37. The van der Waals surface area contributed by atoms with Gasteiger partial charge in [-0.2, -0.15) is 9.78 Å². The van der Waals surface area contributed by atoms with E-state index in [2.05, 4.69) is 20.7 Å². The number of nitrogens with one attached hydrogen (secondary N) is 2. The Morgan fingerprint density at radius 2 is 2.08 bits per heavy atom. The highest BCUT2D eigenvalue weighted by Gasteiger charge is 2.47. The summed E-state index contributed by atoms with van der Waals surface area (Å²) in [6.45, 7) is 2.04. The van der Waals surface area contributed by atoms with Crippen LogP contribution in [0.2, 0.25) is 0 Å². The number of nitrogens with zero attached hydrogens (tertiary/aromatic N) is 3. The highest BCUT2D eigenvalue weighted by molar-refractivity contribution is 7.91. The molecule has 0 fully saturated rings. The molecule has 0 unspecified atom stereocenters. The van der Waals surface area contributed by atoms with Gasteiger partial charge in [-0.05, 0) is 31.4 Å².